The van der Waals surface area contributed by atoms with Gasteiger partial charge in [-0.25, -0.2) is 0 Å². The van der Waals surface area contributed by atoms with Gasteiger partial charge < -0.3 is 9.80 Å². The van der Waals surface area contributed by atoms with E-state index in [2.05, 4.69) is 239 Å². The smallest absolute Gasteiger partial charge is 0.252 e. The van der Waals surface area contributed by atoms with Crippen molar-refractivity contribution in [1.29, 1.82) is 0 Å². The summed E-state index contributed by atoms with van der Waals surface area (Å²) in [5.74, 6) is 0. The van der Waals surface area contributed by atoms with Crippen molar-refractivity contribution in [2.45, 2.75) is 52.4 Å². The summed E-state index contributed by atoms with van der Waals surface area (Å²) in [6.07, 6.45) is 0. The van der Waals surface area contributed by atoms with Crippen molar-refractivity contribution in [3.05, 3.63) is 199 Å². The lowest BCUT2D eigenvalue weighted by molar-refractivity contribution is 0.590. The second-order valence-electron chi connectivity index (χ2n) is 19.0. The molecule has 0 radical (unpaired) electrons. The Balaban J connectivity index is 1.31. The average molecular weight is 785 g/mol. The number of hydrogen-bond donors (Lipinski definition) is 0. The quantitative estimate of drug-likeness (QED) is 0.130. The predicted octanol–water partition coefficient (Wildman–Crippen LogP) is 14.0. The molecule has 0 fully saturated rings. The lowest BCUT2D eigenvalue weighted by Crippen LogP contribution is -2.61. The predicted molar refractivity (Wildman–Crippen MR) is 264 cm³/mol. The van der Waals surface area contributed by atoms with E-state index in [0.717, 1.165) is 11.4 Å². The molecule has 2 aliphatic heterocycles. The Morgan fingerprint density at radius 3 is 1.10 bits per heavy atom. The molecule has 0 atom stereocenters. The van der Waals surface area contributed by atoms with Gasteiger partial charge in [-0.15, -0.1) is 0 Å². The van der Waals surface area contributed by atoms with E-state index >= 15 is 0 Å². The molecule has 2 heterocycles. The fourth-order valence-electron chi connectivity index (χ4n) is 10.1. The molecule has 0 aromatic heterocycles. The molecule has 9 aromatic rings. The van der Waals surface area contributed by atoms with E-state index in [0.29, 0.717) is 0 Å². The first-order valence-corrected chi connectivity index (χ1v) is 21.7. The summed E-state index contributed by atoms with van der Waals surface area (Å²) >= 11 is 0. The molecule has 0 saturated heterocycles. The standard InChI is InChI=1S/C58H49BN2/c1-57(2,3)40-30-32-50-48(36-40)59-49-37-41(58(4,5)6)31-33-51(49)61(43-24-14-9-15-25-43)53-35-39(34-52(56(53)59)60(50)42-22-12-8-13-23-42)55-46-28-18-16-26-44(46)54(38-20-10-7-11-21-38)45-27-17-19-29-47(45)55/h7-37H,1-6H3. The SMILES string of the molecule is CC(C)(C)c1ccc2c(c1)B1c3cc(C(C)(C)C)ccc3N(c3ccccc3)c3cc(-c4c5ccccc5c(-c5ccccc5)c5ccccc45)cc(c31)N2c1ccccc1. The molecular formula is C58H49BN2. The average Bonchev–Trinajstić information content (AvgIpc) is 3.27. The van der Waals surface area contributed by atoms with E-state index in [1.807, 2.05) is 0 Å². The van der Waals surface area contributed by atoms with Crippen LogP contribution in [0.25, 0.3) is 43.8 Å². The fourth-order valence-corrected chi connectivity index (χ4v) is 10.1. The first kappa shape index (κ1) is 37.2. The maximum absolute atomic E-state index is 2.55. The molecule has 61 heavy (non-hydrogen) atoms. The molecular weight excluding hydrogens is 735 g/mol. The van der Waals surface area contributed by atoms with Crippen LogP contribution < -0.4 is 26.2 Å². The van der Waals surface area contributed by atoms with Crippen LogP contribution in [0.4, 0.5) is 34.1 Å². The Morgan fingerprint density at radius 2 is 0.705 bits per heavy atom. The summed E-state index contributed by atoms with van der Waals surface area (Å²) in [7, 11) is 0. The van der Waals surface area contributed by atoms with Crippen molar-refractivity contribution >= 4 is 78.8 Å². The van der Waals surface area contributed by atoms with Crippen LogP contribution >= 0.6 is 0 Å². The first-order valence-electron chi connectivity index (χ1n) is 21.7. The second kappa shape index (κ2) is 13.9. The molecule has 0 unspecified atom stereocenters. The van der Waals surface area contributed by atoms with Crippen LogP contribution in [0.5, 0.6) is 0 Å². The van der Waals surface area contributed by atoms with Gasteiger partial charge in [-0.1, -0.05) is 181 Å². The minimum absolute atomic E-state index is 0.0162. The largest absolute Gasteiger partial charge is 0.311 e. The lowest BCUT2D eigenvalue weighted by Gasteiger charge is -2.45. The molecule has 294 valence electrons. The Kier molecular flexibility index (Phi) is 8.45. The summed E-state index contributed by atoms with van der Waals surface area (Å²) in [5.41, 5.74) is 18.8. The van der Waals surface area contributed by atoms with Gasteiger partial charge >= 0.3 is 0 Å². The maximum atomic E-state index is 2.55. The van der Waals surface area contributed by atoms with Gasteiger partial charge in [0.05, 0.1) is 0 Å². The number of fused-ring (bicyclic) bond motifs is 6. The highest BCUT2D eigenvalue weighted by Crippen LogP contribution is 2.50. The molecule has 2 nitrogen and oxygen atoms in total. The van der Waals surface area contributed by atoms with Gasteiger partial charge in [-0.3, -0.25) is 0 Å². The highest BCUT2D eigenvalue weighted by molar-refractivity contribution is 7.00. The van der Waals surface area contributed by atoms with Gasteiger partial charge in [0.25, 0.3) is 6.71 Å². The van der Waals surface area contributed by atoms with Crippen molar-refractivity contribution in [1.82, 2.24) is 0 Å². The van der Waals surface area contributed by atoms with E-state index in [4.69, 9.17) is 0 Å². The Hall–Kier alpha value is -6.84. The van der Waals surface area contributed by atoms with E-state index in [9.17, 15) is 0 Å². The van der Waals surface area contributed by atoms with Gasteiger partial charge in [0.1, 0.15) is 0 Å². The zero-order chi connectivity index (χ0) is 41.6. The van der Waals surface area contributed by atoms with Gasteiger partial charge in [0, 0.05) is 34.1 Å². The van der Waals surface area contributed by atoms with Crippen molar-refractivity contribution in [2.24, 2.45) is 0 Å². The number of hydrogen-bond acceptors (Lipinski definition) is 2. The summed E-state index contributed by atoms with van der Waals surface area (Å²) in [4.78, 5) is 5.09. The topological polar surface area (TPSA) is 6.48 Å². The van der Waals surface area contributed by atoms with Crippen molar-refractivity contribution < 1.29 is 0 Å². The fraction of sp³-hybridized carbons (Fsp3) is 0.138. The minimum Gasteiger partial charge on any atom is -0.311 e. The molecule has 0 aliphatic carbocycles. The molecule has 2 aliphatic rings. The summed E-state index contributed by atoms with van der Waals surface area (Å²) in [6.45, 7) is 14.0. The molecule has 3 heteroatoms. The maximum Gasteiger partial charge on any atom is 0.252 e. The van der Waals surface area contributed by atoms with Crippen LogP contribution in [0.1, 0.15) is 52.7 Å². The molecule has 0 N–H and O–H groups in total. The van der Waals surface area contributed by atoms with Crippen LogP contribution in [-0.2, 0) is 10.8 Å². The third kappa shape index (κ3) is 5.93. The molecule has 0 amide bonds. The van der Waals surface area contributed by atoms with E-state index in [-0.39, 0.29) is 17.5 Å². The summed E-state index contributed by atoms with van der Waals surface area (Å²) in [6, 6.07) is 70.5. The zero-order valence-electron chi connectivity index (χ0n) is 35.9. The number of rotatable bonds is 4. The Morgan fingerprint density at radius 1 is 0.344 bits per heavy atom. The highest BCUT2D eigenvalue weighted by Gasteiger charge is 2.44. The van der Waals surface area contributed by atoms with Crippen LogP contribution in [0.3, 0.4) is 0 Å². The molecule has 0 bridgehead atoms. The second-order valence-corrected chi connectivity index (χ2v) is 19.0. The Bertz CT molecular complexity index is 2970. The van der Waals surface area contributed by atoms with E-state index in [1.165, 1.54) is 94.1 Å². The normalized spacial score (nSPS) is 13.3. The van der Waals surface area contributed by atoms with Crippen LogP contribution in [-0.4, -0.2) is 6.71 Å². The van der Waals surface area contributed by atoms with E-state index < -0.39 is 0 Å². The lowest BCUT2D eigenvalue weighted by atomic mass is 9.33. The number of para-hydroxylation sites is 2. The molecule has 0 spiro atoms. The summed E-state index contributed by atoms with van der Waals surface area (Å²) < 4.78 is 0. The minimum atomic E-state index is -0.0194. The number of nitrogens with zero attached hydrogens (tertiary/aromatic N) is 2. The van der Waals surface area contributed by atoms with Gasteiger partial charge in [-0.05, 0) is 131 Å². The van der Waals surface area contributed by atoms with Crippen LogP contribution in [0.15, 0.2) is 188 Å². The molecule has 0 saturated carbocycles. The zero-order valence-corrected chi connectivity index (χ0v) is 35.9. The van der Waals surface area contributed by atoms with Crippen molar-refractivity contribution in [2.75, 3.05) is 9.80 Å². The Labute approximate surface area is 360 Å². The third-order valence-corrected chi connectivity index (χ3v) is 13.1. The van der Waals surface area contributed by atoms with Crippen LogP contribution in [0.2, 0.25) is 0 Å². The monoisotopic (exact) mass is 784 g/mol. The third-order valence-electron chi connectivity index (χ3n) is 13.1. The molecule has 11 rings (SSSR count). The van der Waals surface area contributed by atoms with Crippen molar-refractivity contribution in [3.63, 3.8) is 0 Å². The highest BCUT2D eigenvalue weighted by atomic mass is 15.2. The van der Waals surface area contributed by atoms with Gasteiger partial charge in [0.2, 0.25) is 0 Å². The van der Waals surface area contributed by atoms with E-state index in [1.54, 1.807) is 0 Å². The van der Waals surface area contributed by atoms with Gasteiger partial charge in [-0.2, -0.15) is 0 Å². The first-order chi connectivity index (χ1) is 29.6. The summed E-state index contributed by atoms with van der Waals surface area (Å²) in [5, 5.41) is 5.01. The van der Waals surface area contributed by atoms with Crippen molar-refractivity contribution in [3.8, 4) is 22.3 Å². The van der Waals surface area contributed by atoms with Crippen LogP contribution in [0, 0.1) is 0 Å². The number of anilines is 6. The molecule has 9 aromatic carbocycles. The van der Waals surface area contributed by atoms with Gasteiger partial charge in [0.15, 0.2) is 0 Å². The number of benzene rings is 9.